The molecule has 2 atom stereocenters. The van der Waals surface area contributed by atoms with Crippen molar-refractivity contribution in [1.82, 2.24) is 14.9 Å². The van der Waals surface area contributed by atoms with Gasteiger partial charge in [0.1, 0.15) is 11.9 Å². The number of hydrogen-bond donors (Lipinski definition) is 3. The average molecular weight is 509 g/mol. The fourth-order valence-electron chi connectivity index (χ4n) is 4.18. The number of nitrogens with two attached hydrogens (primary N) is 1. The molecule has 0 radical (unpaired) electrons. The fourth-order valence-corrected chi connectivity index (χ4v) is 5.81. The number of benzene rings is 2. The van der Waals surface area contributed by atoms with Crippen molar-refractivity contribution in [3.63, 3.8) is 0 Å². The minimum atomic E-state index is -4.43. The van der Waals surface area contributed by atoms with Crippen molar-refractivity contribution in [2.75, 3.05) is 0 Å². The lowest BCUT2D eigenvalue weighted by molar-refractivity contribution is 0.0997. The number of nitrogens with one attached hydrogen (secondary N) is 2. The van der Waals surface area contributed by atoms with Crippen LogP contribution in [-0.2, 0) is 10.0 Å². The van der Waals surface area contributed by atoms with E-state index in [4.69, 9.17) is 21.8 Å². The number of sulfonamides is 1. The Bertz CT molecular complexity index is 1430. The molecule has 1 fully saturated rings. The summed E-state index contributed by atoms with van der Waals surface area (Å²) >= 11 is 5.90. The molecule has 1 amide bonds. The van der Waals surface area contributed by atoms with E-state index in [9.17, 15) is 18.0 Å². The zero-order valence-electron chi connectivity index (χ0n) is 18.3. The summed E-state index contributed by atoms with van der Waals surface area (Å²) in [6.45, 7) is 3.38. The average Bonchev–Trinajstić information content (AvgIpc) is 3.51. The highest BCUT2D eigenvalue weighted by Gasteiger charge is 2.36. The second-order valence-electron chi connectivity index (χ2n) is 8.29. The number of carbonyl (C=O) groups excluding carboxylic acids is 1. The Labute approximate surface area is 199 Å². The zero-order chi connectivity index (χ0) is 24.8. The van der Waals surface area contributed by atoms with Crippen LogP contribution in [0.1, 0.15) is 70.6 Å². The molecule has 1 aliphatic carbocycles. The summed E-state index contributed by atoms with van der Waals surface area (Å²) in [5.41, 5.74) is 6.98. The molecular formula is C22H22ClFN4O5S. The summed E-state index contributed by atoms with van der Waals surface area (Å²) in [7, 11) is -4.43. The molecule has 0 spiro atoms. The van der Waals surface area contributed by atoms with E-state index in [0.29, 0.717) is 11.5 Å². The molecular weight excluding hydrogens is 487 g/mol. The van der Waals surface area contributed by atoms with Crippen molar-refractivity contribution in [3.8, 4) is 0 Å². The van der Waals surface area contributed by atoms with Gasteiger partial charge in [0.15, 0.2) is 0 Å². The van der Waals surface area contributed by atoms with Crippen LogP contribution in [-0.4, -0.2) is 24.5 Å². The summed E-state index contributed by atoms with van der Waals surface area (Å²) < 4.78 is 49.2. The predicted octanol–water partition coefficient (Wildman–Crippen LogP) is 3.26. The van der Waals surface area contributed by atoms with Gasteiger partial charge in [0, 0.05) is 10.9 Å². The number of hydrogen-bond acceptors (Lipinski definition) is 6. The molecule has 1 heterocycles. The van der Waals surface area contributed by atoms with E-state index >= 15 is 4.39 Å². The lowest BCUT2D eigenvalue weighted by Gasteiger charge is -2.25. The highest BCUT2D eigenvalue weighted by Crippen LogP contribution is 2.44. The summed E-state index contributed by atoms with van der Waals surface area (Å²) in [6, 6.07) is 5.35. The normalized spacial score (nSPS) is 15.8. The predicted molar refractivity (Wildman–Crippen MR) is 122 cm³/mol. The molecule has 180 valence electrons. The molecule has 0 saturated heterocycles. The SMILES string of the molecule is Cc1c(C2CC2)ccc(F)c1[C@@H](C)[C@H](NS(=O)(=O)c1ccc(Cl)cc1C(N)=O)c1n[nH]c(=O)o1. The monoisotopic (exact) mass is 508 g/mol. The van der Waals surface area contributed by atoms with E-state index < -0.39 is 44.4 Å². The minimum absolute atomic E-state index is 0.116. The van der Waals surface area contributed by atoms with Crippen LogP contribution in [0, 0.1) is 12.7 Å². The van der Waals surface area contributed by atoms with Crippen LogP contribution in [0.4, 0.5) is 4.39 Å². The number of carbonyl (C=O) groups is 1. The van der Waals surface area contributed by atoms with Crippen molar-refractivity contribution in [2.24, 2.45) is 5.73 Å². The van der Waals surface area contributed by atoms with Gasteiger partial charge in [-0.1, -0.05) is 24.6 Å². The van der Waals surface area contributed by atoms with E-state index in [0.717, 1.165) is 30.5 Å². The quantitative estimate of drug-likeness (QED) is 0.425. The molecule has 2 aromatic carbocycles. The van der Waals surface area contributed by atoms with Gasteiger partial charge in [-0.2, -0.15) is 4.72 Å². The van der Waals surface area contributed by atoms with Crippen LogP contribution in [0.2, 0.25) is 5.02 Å². The number of amides is 1. The highest BCUT2D eigenvalue weighted by molar-refractivity contribution is 7.89. The first-order valence-electron chi connectivity index (χ1n) is 10.5. The second-order valence-corrected chi connectivity index (χ2v) is 10.4. The fraction of sp³-hybridized carbons (Fsp3) is 0.318. The van der Waals surface area contributed by atoms with Gasteiger partial charge in [-0.3, -0.25) is 4.79 Å². The third-order valence-electron chi connectivity index (χ3n) is 5.98. The van der Waals surface area contributed by atoms with Crippen LogP contribution >= 0.6 is 11.6 Å². The Hall–Kier alpha value is -3.02. The molecule has 34 heavy (non-hydrogen) atoms. The Morgan fingerprint density at radius 1 is 1.32 bits per heavy atom. The number of aromatic amines is 1. The number of primary amides is 1. The van der Waals surface area contributed by atoms with Gasteiger partial charge < -0.3 is 10.2 Å². The number of aromatic nitrogens is 2. The summed E-state index contributed by atoms with van der Waals surface area (Å²) in [5, 5.41) is 5.99. The third-order valence-corrected chi connectivity index (χ3v) is 7.71. The minimum Gasteiger partial charge on any atom is -0.391 e. The maximum atomic E-state index is 15.0. The highest BCUT2D eigenvalue weighted by atomic mass is 35.5. The third kappa shape index (κ3) is 4.63. The second kappa shape index (κ2) is 8.97. The van der Waals surface area contributed by atoms with E-state index in [2.05, 4.69) is 14.9 Å². The number of rotatable bonds is 8. The molecule has 0 unspecified atom stereocenters. The largest absolute Gasteiger partial charge is 0.434 e. The number of H-pyrrole nitrogens is 1. The number of nitrogens with zero attached hydrogens (tertiary/aromatic N) is 1. The Morgan fingerprint density at radius 3 is 2.62 bits per heavy atom. The van der Waals surface area contributed by atoms with Crippen molar-refractivity contribution < 1.29 is 22.0 Å². The first-order chi connectivity index (χ1) is 16.0. The van der Waals surface area contributed by atoms with Gasteiger partial charge in [0.25, 0.3) is 0 Å². The summed E-state index contributed by atoms with van der Waals surface area (Å²) in [4.78, 5) is 23.1. The Kier molecular flexibility index (Phi) is 6.36. The van der Waals surface area contributed by atoms with Crippen LogP contribution in [0.25, 0.3) is 0 Å². The maximum absolute atomic E-state index is 15.0. The maximum Gasteiger partial charge on any atom is 0.434 e. The van der Waals surface area contributed by atoms with Gasteiger partial charge in [-0.25, -0.2) is 22.7 Å². The lowest BCUT2D eigenvalue weighted by atomic mass is 9.87. The van der Waals surface area contributed by atoms with Crippen molar-refractivity contribution in [3.05, 3.63) is 79.9 Å². The van der Waals surface area contributed by atoms with Crippen molar-refractivity contribution in [1.29, 1.82) is 0 Å². The van der Waals surface area contributed by atoms with Crippen LogP contribution in [0.3, 0.4) is 0 Å². The first kappa shape index (κ1) is 24.1. The molecule has 1 saturated carbocycles. The van der Waals surface area contributed by atoms with Gasteiger partial charge in [-0.15, -0.1) is 5.10 Å². The molecule has 12 heteroatoms. The molecule has 4 N–H and O–H groups in total. The van der Waals surface area contributed by atoms with E-state index in [1.165, 1.54) is 12.1 Å². The van der Waals surface area contributed by atoms with Gasteiger partial charge in [0.05, 0.1) is 10.5 Å². The molecule has 9 nitrogen and oxygen atoms in total. The lowest BCUT2D eigenvalue weighted by Crippen LogP contribution is -2.34. The summed E-state index contributed by atoms with van der Waals surface area (Å²) in [5.74, 6) is -3.23. The Morgan fingerprint density at radius 2 is 2.03 bits per heavy atom. The molecule has 1 aromatic heterocycles. The first-order valence-corrected chi connectivity index (χ1v) is 12.3. The Balaban J connectivity index is 1.81. The molecule has 0 aliphatic heterocycles. The standard InChI is InChI=1S/C22H22ClFN4O5S/c1-10-14(12-3-4-12)6-7-16(24)18(10)11(2)19(21-26-27-22(30)33-21)28-34(31,32)17-8-5-13(23)9-15(17)20(25)29/h5-9,11-12,19,28H,3-4H2,1-2H3,(H2,25,29)(H,27,30)/t11-,19+/m1/s1. The van der Waals surface area contributed by atoms with E-state index in [1.54, 1.807) is 19.9 Å². The van der Waals surface area contributed by atoms with Crippen LogP contribution in [0.15, 0.2) is 44.4 Å². The van der Waals surface area contributed by atoms with Gasteiger partial charge in [0.2, 0.25) is 21.8 Å². The molecule has 4 rings (SSSR count). The zero-order valence-corrected chi connectivity index (χ0v) is 19.8. The van der Waals surface area contributed by atoms with Gasteiger partial charge >= 0.3 is 5.76 Å². The van der Waals surface area contributed by atoms with Crippen LogP contribution < -0.4 is 16.2 Å². The molecule has 1 aliphatic rings. The summed E-state index contributed by atoms with van der Waals surface area (Å²) in [6.07, 6.45) is 1.99. The van der Waals surface area contributed by atoms with E-state index in [1.807, 2.05) is 0 Å². The number of halogens is 2. The molecule has 0 bridgehead atoms. The van der Waals surface area contributed by atoms with Crippen LogP contribution in [0.5, 0.6) is 0 Å². The van der Waals surface area contributed by atoms with E-state index in [-0.39, 0.29) is 22.0 Å². The van der Waals surface area contributed by atoms with Gasteiger partial charge in [-0.05, 0) is 66.6 Å². The smallest absolute Gasteiger partial charge is 0.391 e. The topological polar surface area (TPSA) is 148 Å². The van der Waals surface area contributed by atoms with Crippen molar-refractivity contribution in [2.45, 2.75) is 49.5 Å². The van der Waals surface area contributed by atoms with Crippen molar-refractivity contribution >= 4 is 27.5 Å². The molecule has 3 aromatic rings.